The molecule has 114 valence electrons. The topological polar surface area (TPSA) is 87.9 Å². The average molecular weight is 295 g/mol. The van der Waals surface area contributed by atoms with Crippen LogP contribution in [0.25, 0.3) is 6.08 Å². The number of carbonyl (C=O) groups excluding carboxylic acids is 1. The molecular weight excluding hydrogens is 278 g/mol. The van der Waals surface area contributed by atoms with Crippen molar-refractivity contribution >= 4 is 12.0 Å². The van der Waals surface area contributed by atoms with E-state index in [0.29, 0.717) is 17.1 Å². The first-order chi connectivity index (χ1) is 9.92. The van der Waals surface area contributed by atoms with Crippen molar-refractivity contribution < 1.29 is 23.9 Å². The zero-order valence-corrected chi connectivity index (χ0v) is 12.1. The molecule has 0 unspecified atom stereocenters. The molecule has 0 fully saturated rings. The van der Waals surface area contributed by atoms with Crippen molar-refractivity contribution in [3.05, 3.63) is 40.1 Å². The van der Waals surface area contributed by atoms with Crippen LogP contribution in [0.1, 0.15) is 19.4 Å². The largest absolute Gasteiger partial charge is 0.493 e. The summed E-state index contributed by atoms with van der Waals surface area (Å²) in [4.78, 5) is 21.1. The van der Waals surface area contributed by atoms with E-state index in [-0.39, 0.29) is 12.7 Å². The van der Waals surface area contributed by atoms with Gasteiger partial charge in [-0.2, -0.15) is 0 Å². The van der Waals surface area contributed by atoms with Crippen LogP contribution in [0.15, 0.2) is 24.4 Å². The molecule has 0 saturated carbocycles. The van der Waals surface area contributed by atoms with Gasteiger partial charge < -0.3 is 14.2 Å². The van der Waals surface area contributed by atoms with Gasteiger partial charge in [-0.05, 0) is 31.5 Å². The van der Waals surface area contributed by atoms with Crippen molar-refractivity contribution in [3.63, 3.8) is 0 Å². The van der Waals surface area contributed by atoms with E-state index in [9.17, 15) is 14.9 Å². The van der Waals surface area contributed by atoms with Gasteiger partial charge in [-0.15, -0.1) is 0 Å². The lowest BCUT2D eigenvalue weighted by Crippen LogP contribution is -2.18. The molecule has 0 bridgehead atoms. The lowest BCUT2D eigenvalue weighted by atomic mass is 10.2. The predicted octanol–water partition coefficient (Wildman–Crippen LogP) is 2.27. The Labute approximate surface area is 122 Å². The van der Waals surface area contributed by atoms with Gasteiger partial charge in [-0.25, -0.2) is 4.79 Å². The smallest absolute Gasteiger partial charge is 0.344 e. The maximum Gasteiger partial charge on any atom is 0.344 e. The van der Waals surface area contributed by atoms with E-state index in [0.717, 1.165) is 6.20 Å². The number of hydrogen-bond acceptors (Lipinski definition) is 6. The lowest BCUT2D eigenvalue weighted by molar-refractivity contribution is -0.400. The number of esters is 1. The molecular formula is C14H17NO6. The van der Waals surface area contributed by atoms with Crippen LogP contribution in [0, 0.1) is 10.1 Å². The van der Waals surface area contributed by atoms with Crippen LogP contribution in [0.2, 0.25) is 0 Å². The third kappa shape index (κ3) is 5.94. The molecule has 1 aromatic rings. The summed E-state index contributed by atoms with van der Waals surface area (Å²) in [6, 6.07) is 4.76. The highest BCUT2D eigenvalue weighted by molar-refractivity contribution is 5.71. The molecule has 0 aromatic heterocycles. The van der Waals surface area contributed by atoms with Gasteiger partial charge >= 0.3 is 5.97 Å². The first-order valence-corrected chi connectivity index (χ1v) is 6.24. The summed E-state index contributed by atoms with van der Waals surface area (Å²) in [6.07, 6.45) is 1.95. The van der Waals surface area contributed by atoms with Crippen molar-refractivity contribution in [2.45, 2.75) is 20.0 Å². The molecule has 1 aromatic carbocycles. The Morgan fingerprint density at radius 3 is 2.67 bits per heavy atom. The highest BCUT2D eigenvalue weighted by atomic mass is 16.6. The second kappa shape index (κ2) is 7.88. The van der Waals surface area contributed by atoms with Crippen LogP contribution in [0.3, 0.4) is 0 Å². The zero-order valence-electron chi connectivity index (χ0n) is 12.1. The monoisotopic (exact) mass is 295 g/mol. The summed E-state index contributed by atoms with van der Waals surface area (Å²) in [7, 11) is 1.44. The van der Waals surface area contributed by atoms with Gasteiger partial charge in [0.25, 0.3) is 0 Å². The molecule has 0 saturated heterocycles. The first kappa shape index (κ1) is 16.5. The average Bonchev–Trinajstić information content (AvgIpc) is 2.42. The van der Waals surface area contributed by atoms with E-state index in [1.54, 1.807) is 32.0 Å². The Balaban J connectivity index is 2.75. The molecule has 0 aliphatic carbocycles. The highest BCUT2D eigenvalue weighted by Crippen LogP contribution is 2.28. The van der Waals surface area contributed by atoms with Crippen LogP contribution in [-0.2, 0) is 9.53 Å². The van der Waals surface area contributed by atoms with Crippen molar-refractivity contribution in [2.75, 3.05) is 13.7 Å². The molecule has 0 radical (unpaired) electrons. The molecule has 21 heavy (non-hydrogen) atoms. The minimum atomic E-state index is -0.557. The standard InChI is InChI=1S/C14H17NO6/c1-10(2)21-14(16)9-20-12-5-4-11(6-7-15(17)18)8-13(12)19-3/h4-8,10H,9H2,1-3H3/b7-6+. The van der Waals surface area contributed by atoms with Gasteiger partial charge in [0.15, 0.2) is 18.1 Å². The van der Waals surface area contributed by atoms with Crippen molar-refractivity contribution in [1.82, 2.24) is 0 Å². The molecule has 0 aliphatic heterocycles. The Bertz CT molecular complexity index is 538. The number of hydrogen-bond donors (Lipinski definition) is 0. The van der Waals surface area contributed by atoms with E-state index >= 15 is 0 Å². The molecule has 0 amide bonds. The first-order valence-electron chi connectivity index (χ1n) is 6.24. The van der Waals surface area contributed by atoms with Crippen LogP contribution in [0.5, 0.6) is 11.5 Å². The fraction of sp³-hybridized carbons (Fsp3) is 0.357. The second-order valence-corrected chi connectivity index (χ2v) is 4.34. The number of benzene rings is 1. The summed E-state index contributed by atoms with van der Waals surface area (Å²) >= 11 is 0. The molecule has 1 rings (SSSR count). The van der Waals surface area contributed by atoms with Gasteiger partial charge in [-0.1, -0.05) is 6.07 Å². The number of nitro groups is 1. The zero-order chi connectivity index (χ0) is 15.8. The predicted molar refractivity (Wildman–Crippen MR) is 75.7 cm³/mol. The van der Waals surface area contributed by atoms with Crippen LogP contribution in [-0.4, -0.2) is 30.7 Å². The number of nitrogens with zero attached hydrogens (tertiary/aromatic N) is 1. The van der Waals surface area contributed by atoms with Crippen molar-refractivity contribution in [2.24, 2.45) is 0 Å². The van der Waals surface area contributed by atoms with Crippen LogP contribution in [0.4, 0.5) is 0 Å². The molecule has 0 spiro atoms. The fourth-order valence-electron chi connectivity index (χ4n) is 1.49. The fourth-order valence-corrected chi connectivity index (χ4v) is 1.49. The molecule has 0 heterocycles. The van der Waals surface area contributed by atoms with E-state index in [4.69, 9.17) is 14.2 Å². The number of carbonyl (C=O) groups is 1. The third-order valence-corrected chi connectivity index (χ3v) is 2.29. The van der Waals surface area contributed by atoms with E-state index in [1.807, 2.05) is 0 Å². The minimum absolute atomic E-state index is 0.211. The molecule has 0 aliphatic rings. The Hall–Kier alpha value is -2.57. The van der Waals surface area contributed by atoms with Crippen LogP contribution >= 0.6 is 0 Å². The molecule has 0 atom stereocenters. The quantitative estimate of drug-likeness (QED) is 0.435. The Morgan fingerprint density at radius 1 is 1.38 bits per heavy atom. The van der Waals surface area contributed by atoms with Crippen molar-refractivity contribution in [1.29, 1.82) is 0 Å². The summed E-state index contributed by atoms with van der Waals surface area (Å²) in [5, 5.41) is 10.3. The van der Waals surface area contributed by atoms with Crippen molar-refractivity contribution in [3.8, 4) is 11.5 Å². The summed E-state index contributed by atoms with van der Waals surface area (Å²) in [5.41, 5.74) is 0.584. The van der Waals surface area contributed by atoms with E-state index < -0.39 is 10.9 Å². The third-order valence-electron chi connectivity index (χ3n) is 2.29. The van der Waals surface area contributed by atoms with Gasteiger partial charge in [0.05, 0.1) is 18.1 Å². The highest BCUT2D eigenvalue weighted by Gasteiger charge is 2.10. The lowest BCUT2D eigenvalue weighted by Gasteiger charge is -2.12. The van der Waals surface area contributed by atoms with Gasteiger partial charge in [0.1, 0.15) is 0 Å². The van der Waals surface area contributed by atoms with Gasteiger partial charge in [-0.3, -0.25) is 10.1 Å². The Morgan fingerprint density at radius 2 is 2.10 bits per heavy atom. The maximum atomic E-state index is 11.4. The van der Waals surface area contributed by atoms with Gasteiger partial charge in [0, 0.05) is 6.08 Å². The number of ether oxygens (including phenoxy) is 3. The minimum Gasteiger partial charge on any atom is -0.493 e. The summed E-state index contributed by atoms with van der Waals surface area (Å²) < 4.78 is 15.4. The number of methoxy groups -OCH3 is 1. The molecule has 7 heteroatoms. The Kier molecular flexibility index (Phi) is 6.19. The SMILES string of the molecule is COc1cc(/C=C/[N+](=O)[O-])ccc1OCC(=O)OC(C)C. The summed E-state index contributed by atoms with van der Waals surface area (Å²) in [5.74, 6) is 0.249. The van der Waals surface area contributed by atoms with Crippen LogP contribution < -0.4 is 9.47 Å². The number of rotatable bonds is 7. The summed E-state index contributed by atoms with van der Waals surface area (Å²) in [6.45, 7) is 3.25. The van der Waals surface area contributed by atoms with E-state index in [1.165, 1.54) is 13.2 Å². The second-order valence-electron chi connectivity index (χ2n) is 4.34. The normalized spacial score (nSPS) is 10.7. The maximum absolute atomic E-state index is 11.4. The van der Waals surface area contributed by atoms with Gasteiger partial charge in [0.2, 0.25) is 6.20 Å². The van der Waals surface area contributed by atoms with E-state index in [2.05, 4.69) is 0 Å². The molecule has 7 nitrogen and oxygen atoms in total. The molecule has 0 N–H and O–H groups in total.